The number of likely N-dealkylation sites (N-methyl/N-ethyl adjacent to an activating group) is 1. The first kappa shape index (κ1) is 17.0. The van der Waals surface area contributed by atoms with Gasteiger partial charge in [0.25, 0.3) is 0 Å². The van der Waals surface area contributed by atoms with Crippen LogP contribution in [-0.4, -0.2) is 37.7 Å². The Hall–Kier alpha value is -1.02. The van der Waals surface area contributed by atoms with Crippen LogP contribution < -0.4 is 10.1 Å². The first-order valence-electron chi connectivity index (χ1n) is 6.80. The second-order valence-electron chi connectivity index (χ2n) is 5.00. The monoisotopic (exact) mass is 338 g/mol. The summed E-state index contributed by atoms with van der Waals surface area (Å²) in [4.78, 5) is 2.31. The molecular formula is C16H23BrN2O. The molecule has 110 valence electrons. The van der Waals surface area contributed by atoms with Crippen LogP contribution in [0.5, 0.6) is 5.75 Å². The summed E-state index contributed by atoms with van der Waals surface area (Å²) in [7, 11) is 2.13. The van der Waals surface area contributed by atoms with E-state index in [-0.39, 0.29) is 0 Å². The number of hydrogen-bond acceptors (Lipinski definition) is 3. The Morgan fingerprint density at radius 1 is 1.45 bits per heavy atom. The highest BCUT2D eigenvalue weighted by molar-refractivity contribution is 9.10. The van der Waals surface area contributed by atoms with E-state index in [0.29, 0.717) is 12.6 Å². The molecule has 3 nitrogen and oxygen atoms in total. The third kappa shape index (κ3) is 5.96. The quantitative estimate of drug-likeness (QED) is 0.582. The Morgan fingerprint density at radius 3 is 2.85 bits per heavy atom. The van der Waals surface area contributed by atoms with Crippen LogP contribution in [0.25, 0.3) is 0 Å². The van der Waals surface area contributed by atoms with Crippen LogP contribution >= 0.6 is 15.9 Å². The van der Waals surface area contributed by atoms with Crippen molar-refractivity contribution < 1.29 is 4.74 Å². The van der Waals surface area contributed by atoms with Crippen molar-refractivity contribution in [1.29, 1.82) is 0 Å². The van der Waals surface area contributed by atoms with Crippen molar-refractivity contribution >= 4 is 15.9 Å². The molecule has 0 heterocycles. The summed E-state index contributed by atoms with van der Waals surface area (Å²) >= 11 is 3.48. The van der Waals surface area contributed by atoms with E-state index >= 15 is 0 Å². The number of terminal acetylenes is 1. The zero-order valence-corrected chi connectivity index (χ0v) is 14.0. The third-order valence-corrected chi connectivity index (χ3v) is 3.67. The van der Waals surface area contributed by atoms with Crippen molar-refractivity contribution in [3.63, 3.8) is 0 Å². The molecule has 0 atom stereocenters. The van der Waals surface area contributed by atoms with E-state index in [0.717, 1.165) is 35.4 Å². The van der Waals surface area contributed by atoms with Gasteiger partial charge in [-0.2, -0.15) is 0 Å². The fourth-order valence-electron chi connectivity index (χ4n) is 1.68. The van der Waals surface area contributed by atoms with Gasteiger partial charge in [-0.3, -0.25) is 0 Å². The molecule has 1 aromatic carbocycles. The van der Waals surface area contributed by atoms with Crippen LogP contribution in [0.15, 0.2) is 22.7 Å². The molecule has 4 heteroatoms. The maximum Gasteiger partial charge on any atom is 0.148 e. The zero-order valence-electron chi connectivity index (χ0n) is 12.4. The lowest BCUT2D eigenvalue weighted by Gasteiger charge is -2.21. The smallest absolute Gasteiger partial charge is 0.148 e. The van der Waals surface area contributed by atoms with Gasteiger partial charge in [0.1, 0.15) is 12.4 Å². The molecule has 0 saturated heterocycles. The van der Waals surface area contributed by atoms with Crippen LogP contribution in [0.2, 0.25) is 0 Å². The number of nitrogens with one attached hydrogen (secondary N) is 1. The summed E-state index contributed by atoms with van der Waals surface area (Å²) in [5.41, 5.74) is 1.11. The average molecular weight is 339 g/mol. The van der Waals surface area contributed by atoms with E-state index < -0.39 is 0 Å². The molecule has 0 aliphatic carbocycles. The summed E-state index contributed by atoms with van der Waals surface area (Å²) < 4.78 is 6.59. The van der Waals surface area contributed by atoms with Crippen LogP contribution in [-0.2, 0) is 6.54 Å². The van der Waals surface area contributed by atoms with Gasteiger partial charge in [-0.1, -0.05) is 21.9 Å². The summed E-state index contributed by atoms with van der Waals surface area (Å²) in [6.45, 7) is 7.41. The van der Waals surface area contributed by atoms with Crippen LogP contribution in [0.1, 0.15) is 19.4 Å². The maximum atomic E-state index is 5.55. The fourth-order valence-corrected chi connectivity index (χ4v) is 2.09. The van der Waals surface area contributed by atoms with Gasteiger partial charge in [0, 0.05) is 35.7 Å². The highest BCUT2D eigenvalue weighted by atomic mass is 79.9. The van der Waals surface area contributed by atoms with Crippen molar-refractivity contribution in [2.24, 2.45) is 0 Å². The topological polar surface area (TPSA) is 24.5 Å². The Bertz CT molecular complexity index is 454. The van der Waals surface area contributed by atoms with E-state index in [4.69, 9.17) is 11.2 Å². The van der Waals surface area contributed by atoms with Crippen LogP contribution in [0.4, 0.5) is 0 Å². The Morgan fingerprint density at radius 2 is 2.20 bits per heavy atom. The standard InChI is InChI=1S/C16H23BrN2O/c1-5-10-20-16-7-6-15(17)11-14(16)12-18-8-9-19(4)13(2)3/h1,6-7,11,13,18H,8-10,12H2,2-4H3. The lowest BCUT2D eigenvalue weighted by Crippen LogP contribution is -2.33. The Balaban J connectivity index is 2.49. The third-order valence-electron chi connectivity index (χ3n) is 3.17. The predicted octanol–water partition coefficient (Wildman–Crippen LogP) is 2.89. The van der Waals surface area contributed by atoms with Gasteiger partial charge in [-0.15, -0.1) is 6.42 Å². The largest absolute Gasteiger partial charge is 0.481 e. The van der Waals surface area contributed by atoms with Gasteiger partial charge < -0.3 is 15.0 Å². The molecule has 0 fully saturated rings. The second-order valence-corrected chi connectivity index (χ2v) is 5.91. The van der Waals surface area contributed by atoms with E-state index in [1.165, 1.54) is 0 Å². The molecule has 0 aromatic heterocycles. The number of benzene rings is 1. The summed E-state index contributed by atoms with van der Waals surface area (Å²) in [5, 5.41) is 3.44. The minimum atomic E-state index is 0.296. The van der Waals surface area contributed by atoms with Crippen LogP contribution in [0, 0.1) is 12.3 Å². The molecule has 0 amide bonds. The van der Waals surface area contributed by atoms with Gasteiger partial charge in [-0.25, -0.2) is 0 Å². The van der Waals surface area contributed by atoms with Gasteiger partial charge in [-0.05, 0) is 39.1 Å². The molecule has 0 bridgehead atoms. The average Bonchev–Trinajstić information content (AvgIpc) is 2.42. The number of ether oxygens (including phenoxy) is 1. The molecule has 0 radical (unpaired) electrons. The lowest BCUT2D eigenvalue weighted by atomic mass is 10.2. The summed E-state index contributed by atoms with van der Waals surface area (Å²) in [5.74, 6) is 3.34. The number of rotatable bonds is 8. The van der Waals surface area contributed by atoms with Crippen molar-refractivity contribution in [2.75, 3.05) is 26.7 Å². The lowest BCUT2D eigenvalue weighted by molar-refractivity contribution is 0.273. The van der Waals surface area contributed by atoms with Gasteiger partial charge in [0.2, 0.25) is 0 Å². The SMILES string of the molecule is C#CCOc1ccc(Br)cc1CNCCN(C)C(C)C. The molecule has 1 rings (SSSR count). The highest BCUT2D eigenvalue weighted by Crippen LogP contribution is 2.23. The first-order valence-corrected chi connectivity index (χ1v) is 7.59. The van der Waals surface area contributed by atoms with E-state index in [1.54, 1.807) is 0 Å². The molecular weight excluding hydrogens is 316 g/mol. The summed E-state index contributed by atoms with van der Waals surface area (Å²) in [6.07, 6.45) is 5.23. The van der Waals surface area contributed by atoms with Crippen molar-refractivity contribution in [3.05, 3.63) is 28.2 Å². The fraction of sp³-hybridized carbons (Fsp3) is 0.500. The normalized spacial score (nSPS) is 10.8. The zero-order chi connectivity index (χ0) is 15.0. The summed E-state index contributed by atoms with van der Waals surface area (Å²) in [6, 6.07) is 6.53. The predicted molar refractivity (Wildman–Crippen MR) is 87.9 cm³/mol. The van der Waals surface area contributed by atoms with Gasteiger partial charge in [0.05, 0.1) is 0 Å². The van der Waals surface area contributed by atoms with Gasteiger partial charge >= 0.3 is 0 Å². The molecule has 0 unspecified atom stereocenters. The molecule has 1 N–H and O–H groups in total. The number of hydrogen-bond donors (Lipinski definition) is 1. The molecule has 1 aromatic rings. The molecule has 0 aliphatic heterocycles. The minimum absolute atomic E-state index is 0.296. The Kier molecular flexibility index (Phi) is 7.68. The van der Waals surface area contributed by atoms with E-state index in [9.17, 15) is 0 Å². The maximum absolute atomic E-state index is 5.55. The van der Waals surface area contributed by atoms with Gasteiger partial charge in [0.15, 0.2) is 0 Å². The molecule has 0 spiro atoms. The molecule has 20 heavy (non-hydrogen) atoms. The second kappa shape index (κ2) is 9.02. The van der Waals surface area contributed by atoms with E-state index in [2.05, 4.69) is 59.0 Å². The highest BCUT2D eigenvalue weighted by Gasteiger charge is 2.05. The number of nitrogens with zero attached hydrogens (tertiary/aromatic N) is 1. The Labute approximate surface area is 130 Å². The van der Waals surface area contributed by atoms with Crippen molar-refractivity contribution in [1.82, 2.24) is 10.2 Å². The van der Waals surface area contributed by atoms with Crippen molar-refractivity contribution in [3.8, 4) is 18.1 Å². The van der Waals surface area contributed by atoms with Crippen molar-refractivity contribution in [2.45, 2.75) is 26.4 Å². The van der Waals surface area contributed by atoms with E-state index in [1.807, 2.05) is 12.1 Å². The van der Waals surface area contributed by atoms with Crippen LogP contribution in [0.3, 0.4) is 0 Å². The molecule has 0 aliphatic rings. The minimum Gasteiger partial charge on any atom is -0.481 e. The first-order chi connectivity index (χ1) is 9.54. The molecule has 0 saturated carbocycles. The number of halogens is 1.